The SMILES string of the molecule is NC(c1cncnc1)c1cc(Cl)cc(Br)c1. The molecule has 0 saturated carbocycles. The van der Waals surface area contributed by atoms with Gasteiger partial charge in [0.25, 0.3) is 0 Å². The Morgan fingerprint density at radius 3 is 2.44 bits per heavy atom. The molecular formula is C11H9BrClN3. The summed E-state index contributed by atoms with van der Waals surface area (Å²) in [6.45, 7) is 0. The lowest BCUT2D eigenvalue weighted by Gasteiger charge is -2.12. The number of nitrogens with zero attached hydrogens (tertiary/aromatic N) is 2. The largest absolute Gasteiger partial charge is 0.320 e. The van der Waals surface area contributed by atoms with Crippen LogP contribution in [0.3, 0.4) is 0 Å². The number of halogens is 2. The van der Waals surface area contributed by atoms with Gasteiger partial charge >= 0.3 is 0 Å². The fraction of sp³-hybridized carbons (Fsp3) is 0.0909. The van der Waals surface area contributed by atoms with E-state index in [0.29, 0.717) is 5.02 Å². The van der Waals surface area contributed by atoms with Gasteiger partial charge in [-0.1, -0.05) is 27.5 Å². The molecule has 5 heteroatoms. The van der Waals surface area contributed by atoms with Gasteiger partial charge in [0.2, 0.25) is 0 Å². The second-order valence-electron chi connectivity index (χ2n) is 3.35. The Hall–Kier alpha value is -0.970. The quantitative estimate of drug-likeness (QED) is 0.927. The molecular weight excluding hydrogens is 289 g/mol. The lowest BCUT2D eigenvalue weighted by Crippen LogP contribution is -2.12. The molecule has 1 heterocycles. The summed E-state index contributed by atoms with van der Waals surface area (Å²) in [4.78, 5) is 7.88. The number of hydrogen-bond donors (Lipinski definition) is 1. The Bertz CT molecular complexity index is 470. The third kappa shape index (κ3) is 2.58. The molecule has 2 N–H and O–H groups in total. The highest BCUT2D eigenvalue weighted by molar-refractivity contribution is 9.10. The van der Waals surface area contributed by atoms with Crippen molar-refractivity contribution in [1.29, 1.82) is 0 Å². The lowest BCUT2D eigenvalue weighted by molar-refractivity contribution is 0.850. The molecule has 16 heavy (non-hydrogen) atoms. The Kier molecular flexibility index (Phi) is 3.53. The summed E-state index contributed by atoms with van der Waals surface area (Å²) in [6.07, 6.45) is 4.88. The molecule has 0 fully saturated rings. The molecule has 0 saturated heterocycles. The van der Waals surface area contributed by atoms with E-state index in [9.17, 15) is 0 Å². The molecule has 0 aliphatic rings. The van der Waals surface area contributed by atoms with Gasteiger partial charge in [0.1, 0.15) is 6.33 Å². The summed E-state index contributed by atoms with van der Waals surface area (Å²) >= 11 is 9.35. The molecule has 0 spiro atoms. The van der Waals surface area contributed by atoms with Crippen LogP contribution in [0.15, 0.2) is 41.4 Å². The van der Waals surface area contributed by atoms with Gasteiger partial charge in [-0.25, -0.2) is 9.97 Å². The van der Waals surface area contributed by atoms with Crippen LogP contribution < -0.4 is 5.73 Å². The molecule has 1 aromatic carbocycles. The Balaban J connectivity index is 2.37. The molecule has 0 radical (unpaired) electrons. The second-order valence-corrected chi connectivity index (χ2v) is 4.70. The summed E-state index contributed by atoms with van der Waals surface area (Å²) in [5.41, 5.74) is 7.88. The minimum absolute atomic E-state index is 0.267. The topological polar surface area (TPSA) is 51.8 Å². The van der Waals surface area contributed by atoms with E-state index in [4.69, 9.17) is 17.3 Å². The maximum atomic E-state index is 6.09. The highest BCUT2D eigenvalue weighted by Crippen LogP contribution is 2.25. The molecule has 0 aliphatic heterocycles. The first-order valence-electron chi connectivity index (χ1n) is 4.63. The molecule has 0 aliphatic carbocycles. The fourth-order valence-electron chi connectivity index (χ4n) is 1.42. The van der Waals surface area contributed by atoms with Crippen LogP contribution in [-0.4, -0.2) is 9.97 Å². The smallest absolute Gasteiger partial charge is 0.115 e. The zero-order valence-corrected chi connectivity index (χ0v) is 10.6. The van der Waals surface area contributed by atoms with Crippen molar-refractivity contribution in [2.45, 2.75) is 6.04 Å². The van der Waals surface area contributed by atoms with E-state index >= 15 is 0 Å². The number of benzene rings is 1. The Morgan fingerprint density at radius 1 is 1.12 bits per heavy atom. The van der Waals surface area contributed by atoms with Crippen molar-refractivity contribution < 1.29 is 0 Å². The van der Waals surface area contributed by atoms with Crippen molar-refractivity contribution in [2.75, 3.05) is 0 Å². The molecule has 2 rings (SSSR count). The number of aromatic nitrogens is 2. The first kappa shape index (κ1) is 11.5. The molecule has 3 nitrogen and oxygen atoms in total. The minimum atomic E-state index is -0.267. The number of nitrogens with two attached hydrogens (primary N) is 1. The predicted molar refractivity (Wildman–Crippen MR) is 67.2 cm³/mol. The molecule has 1 atom stereocenters. The zero-order valence-electron chi connectivity index (χ0n) is 8.27. The number of hydrogen-bond acceptors (Lipinski definition) is 3. The predicted octanol–water partition coefficient (Wildman–Crippen LogP) is 2.94. The van der Waals surface area contributed by atoms with Crippen molar-refractivity contribution in [3.05, 3.63) is 57.5 Å². The summed E-state index contributed by atoms with van der Waals surface area (Å²) in [7, 11) is 0. The van der Waals surface area contributed by atoms with Crippen molar-refractivity contribution in [3.8, 4) is 0 Å². The van der Waals surface area contributed by atoms with Gasteiger partial charge in [-0.2, -0.15) is 0 Å². The average Bonchev–Trinajstić information content (AvgIpc) is 2.28. The fourth-order valence-corrected chi connectivity index (χ4v) is 2.30. The van der Waals surface area contributed by atoms with Crippen LogP contribution in [0.2, 0.25) is 5.02 Å². The minimum Gasteiger partial charge on any atom is -0.320 e. The highest BCUT2D eigenvalue weighted by Gasteiger charge is 2.10. The van der Waals surface area contributed by atoms with E-state index in [1.54, 1.807) is 12.4 Å². The first-order valence-corrected chi connectivity index (χ1v) is 5.80. The third-order valence-electron chi connectivity index (χ3n) is 2.18. The zero-order chi connectivity index (χ0) is 11.5. The van der Waals surface area contributed by atoms with E-state index < -0.39 is 0 Å². The van der Waals surface area contributed by atoms with Gasteiger partial charge in [-0.05, 0) is 23.8 Å². The standard InChI is InChI=1S/C11H9BrClN3/c12-9-1-7(2-10(13)3-9)11(14)8-4-15-6-16-5-8/h1-6,11H,14H2. The summed E-state index contributed by atoms with van der Waals surface area (Å²) in [5.74, 6) is 0. The van der Waals surface area contributed by atoms with Crippen molar-refractivity contribution in [1.82, 2.24) is 9.97 Å². The molecule has 82 valence electrons. The van der Waals surface area contributed by atoms with Gasteiger partial charge in [0.05, 0.1) is 6.04 Å². The van der Waals surface area contributed by atoms with Gasteiger partial charge < -0.3 is 5.73 Å². The summed E-state index contributed by atoms with van der Waals surface area (Å²) in [6, 6.07) is 5.32. The molecule has 0 amide bonds. The van der Waals surface area contributed by atoms with Crippen molar-refractivity contribution in [3.63, 3.8) is 0 Å². The monoisotopic (exact) mass is 297 g/mol. The summed E-state index contributed by atoms with van der Waals surface area (Å²) in [5, 5.41) is 0.650. The van der Waals surface area contributed by atoms with E-state index in [2.05, 4.69) is 25.9 Å². The van der Waals surface area contributed by atoms with Gasteiger partial charge in [-0.15, -0.1) is 0 Å². The van der Waals surface area contributed by atoms with E-state index in [1.165, 1.54) is 6.33 Å². The Labute approximate surface area is 107 Å². The lowest BCUT2D eigenvalue weighted by atomic mass is 10.0. The average molecular weight is 299 g/mol. The first-order chi connectivity index (χ1) is 7.66. The highest BCUT2D eigenvalue weighted by atomic mass is 79.9. The van der Waals surface area contributed by atoms with E-state index in [1.807, 2.05) is 18.2 Å². The van der Waals surface area contributed by atoms with Crippen molar-refractivity contribution >= 4 is 27.5 Å². The van der Waals surface area contributed by atoms with Crippen LogP contribution in [0, 0.1) is 0 Å². The normalized spacial score (nSPS) is 12.4. The maximum absolute atomic E-state index is 6.09. The molecule has 1 unspecified atom stereocenters. The van der Waals surface area contributed by atoms with Gasteiger partial charge in [0.15, 0.2) is 0 Å². The maximum Gasteiger partial charge on any atom is 0.115 e. The van der Waals surface area contributed by atoms with Gasteiger partial charge in [-0.3, -0.25) is 0 Å². The summed E-state index contributed by atoms with van der Waals surface area (Å²) < 4.78 is 0.905. The van der Waals surface area contributed by atoms with E-state index in [-0.39, 0.29) is 6.04 Å². The number of rotatable bonds is 2. The van der Waals surface area contributed by atoms with Crippen LogP contribution >= 0.6 is 27.5 Å². The molecule has 2 aromatic rings. The van der Waals surface area contributed by atoms with Crippen molar-refractivity contribution in [2.24, 2.45) is 5.73 Å². The van der Waals surface area contributed by atoms with Crippen LogP contribution in [0.25, 0.3) is 0 Å². The molecule has 0 bridgehead atoms. The Morgan fingerprint density at radius 2 is 1.81 bits per heavy atom. The van der Waals surface area contributed by atoms with Crippen LogP contribution in [0.4, 0.5) is 0 Å². The van der Waals surface area contributed by atoms with Crippen LogP contribution in [0.5, 0.6) is 0 Å². The third-order valence-corrected chi connectivity index (χ3v) is 2.86. The van der Waals surface area contributed by atoms with Gasteiger partial charge in [0, 0.05) is 27.5 Å². The second kappa shape index (κ2) is 4.91. The molecule has 1 aromatic heterocycles. The van der Waals surface area contributed by atoms with Crippen LogP contribution in [-0.2, 0) is 0 Å². The van der Waals surface area contributed by atoms with Crippen LogP contribution in [0.1, 0.15) is 17.2 Å². The van der Waals surface area contributed by atoms with E-state index in [0.717, 1.165) is 15.6 Å².